The van der Waals surface area contributed by atoms with Crippen LogP contribution < -0.4 is 4.74 Å². The van der Waals surface area contributed by atoms with Crippen LogP contribution in [0, 0.1) is 6.92 Å². The Labute approximate surface area is 117 Å². The second kappa shape index (κ2) is 6.21. The van der Waals surface area contributed by atoms with Gasteiger partial charge in [0.25, 0.3) is 0 Å². The number of hydrogen-bond acceptors (Lipinski definition) is 3. The van der Waals surface area contributed by atoms with Gasteiger partial charge in [-0.15, -0.1) is 0 Å². The van der Waals surface area contributed by atoms with Gasteiger partial charge in [-0.05, 0) is 41.8 Å². The lowest BCUT2D eigenvalue weighted by molar-refractivity contribution is 0.0696. The third-order valence-corrected chi connectivity index (χ3v) is 3.02. The standard InChI is InChI=1S/C16H16O4/c1-11-8-14(16(18)19)6-7-15(11)20-10-13-4-2-12(9-17)3-5-13/h2-8,17H,9-10H2,1H3,(H,18,19). The van der Waals surface area contributed by atoms with Gasteiger partial charge in [0.1, 0.15) is 12.4 Å². The number of aliphatic hydroxyl groups excluding tert-OH is 1. The van der Waals surface area contributed by atoms with Gasteiger partial charge >= 0.3 is 5.97 Å². The molecular formula is C16H16O4. The summed E-state index contributed by atoms with van der Waals surface area (Å²) < 4.78 is 5.68. The Kier molecular flexibility index (Phi) is 4.38. The Hall–Kier alpha value is -2.33. The van der Waals surface area contributed by atoms with Gasteiger partial charge in [0.05, 0.1) is 12.2 Å². The SMILES string of the molecule is Cc1cc(C(=O)O)ccc1OCc1ccc(CO)cc1. The predicted octanol–water partition coefficient (Wildman–Crippen LogP) is 2.76. The lowest BCUT2D eigenvalue weighted by atomic mass is 10.1. The second-order valence-electron chi connectivity index (χ2n) is 4.55. The van der Waals surface area contributed by atoms with Crippen molar-refractivity contribution in [2.24, 2.45) is 0 Å². The fraction of sp³-hybridized carbons (Fsp3) is 0.188. The number of aryl methyl sites for hydroxylation is 1. The molecule has 0 aliphatic rings. The van der Waals surface area contributed by atoms with Crippen LogP contribution in [0.1, 0.15) is 27.0 Å². The van der Waals surface area contributed by atoms with Crippen LogP contribution in [0.15, 0.2) is 42.5 Å². The van der Waals surface area contributed by atoms with Crippen LogP contribution in [-0.4, -0.2) is 16.2 Å². The molecule has 2 rings (SSSR count). The number of aromatic carboxylic acids is 1. The van der Waals surface area contributed by atoms with E-state index in [0.29, 0.717) is 12.4 Å². The van der Waals surface area contributed by atoms with Crippen LogP contribution in [0.25, 0.3) is 0 Å². The molecule has 0 unspecified atom stereocenters. The molecule has 20 heavy (non-hydrogen) atoms. The fourth-order valence-electron chi connectivity index (χ4n) is 1.85. The first-order valence-corrected chi connectivity index (χ1v) is 6.25. The van der Waals surface area contributed by atoms with Crippen LogP contribution in [0.3, 0.4) is 0 Å². The first kappa shape index (κ1) is 14.1. The minimum absolute atomic E-state index is 0.0247. The Morgan fingerprint density at radius 2 is 1.75 bits per heavy atom. The first-order chi connectivity index (χ1) is 9.60. The molecule has 104 valence electrons. The summed E-state index contributed by atoms with van der Waals surface area (Å²) in [5, 5.41) is 17.9. The third-order valence-electron chi connectivity index (χ3n) is 3.02. The summed E-state index contributed by atoms with van der Waals surface area (Å²) in [5.41, 5.74) is 2.89. The molecule has 0 heterocycles. The van der Waals surface area contributed by atoms with E-state index >= 15 is 0 Å². The first-order valence-electron chi connectivity index (χ1n) is 6.25. The molecule has 0 radical (unpaired) electrons. The molecule has 2 aromatic rings. The van der Waals surface area contributed by atoms with Crippen molar-refractivity contribution in [1.82, 2.24) is 0 Å². The van der Waals surface area contributed by atoms with Gasteiger partial charge in [0.15, 0.2) is 0 Å². The molecule has 0 amide bonds. The molecule has 4 nitrogen and oxygen atoms in total. The van der Waals surface area contributed by atoms with Crippen molar-refractivity contribution in [2.75, 3.05) is 0 Å². The monoisotopic (exact) mass is 272 g/mol. The van der Waals surface area contributed by atoms with Crippen LogP contribution >= 0.6 is 0 Å². The van der Waals surface area contributed by atoms with Crippen molar-refractivity contribution in [1.29, 1.82) is 0 Å². The minimum atomic E-state index is -0.945. The molecule has 0 bridgehead atoms. The average Bonchev–Trinajstić information content (AvgIpc) is 2.46. The second-order valence-corrected chi connectivity index (χ2v) is 4.55. The number of aliphatic hydroxyl groups is 1. The highest BCUT2D eigenvalue weighted by molar-refractivity contribution is 5.88. The summed E-state index contributed by atoms with van der Waals surface area (Å²) in [6.45, 7) is 2.24. The van der Waals surface area contributed by atoms with Crippen molar-refractivity contribution in [3.8, 4) is 5.75 Å². The van der Waals surface area contributed by atoms with E-state index in [1.807, 2.05) is 31.2 Å². The molecule has 0 aromatic heterocycles. The lowest BCUT2D eigenvalue weighted by Gasteiger charge is -2.10. The zero-order valence-corrected chi connectivity index (χ0v) is 11.2. The number of carboxylic acids is 1. The fourth-order valence-corrected chi connectivity index (χ4v) is 1.85. The topological polar surface area (TPSA) is 66.8 Å². The molecule has 0 saturated heterocycles. The van der Waals surface area contributed by atoms with Crippen molar-refractivity contribution >= 4 is 5.97 Å². The number of ether oxygens (including phenoxy) is 1. The van der Waals surface area contributed by atoms with Crippen LogP contribution in [0.2, 0.25) is 0 Å². The van der Waals surface area contributed by atoms with Crippen molar-refractivity contribution in [2.45, 2.75) is 20.1 Å². The maximum atomic E-state index is 10.8. The highest BCUT2D eigenvalue weighted by Crippen LogP contribution is 2.20. The Morgan fingerprint density at radius 1 is 1.10 bits per heavy atom. The highest BCUT2D eigenvalue weighted by atomic mass is 16.5. The Bertz CT molecular complexity index is 602. The number of carbonyl (C=O) groups is 1. The number of carboxylic acid groups (broad SMARTS) is 1. The molecule has 2 aromatic carbocycles. The van der Waals surface area contributed by atoms with Crippen LogP contribution in [-0.2, 0) is 13.2 Å². The summed E-state index contributed by atoms with van der Waals surface area (Å²) in [4.78, 5) is 10.8. The summed E-state index contributed by atoms with van der Waals surface area (Å²) in [6.07, 6.45) is 0. The summed E-state index contributed by atoms with van der Waals surface area (Å²) in [6, 6.07) is 12.3. The Balaban J connectivity index is 2.04. The molecule has 0 aliphatic heterocycles. The zero-order chi connectivity index (χ0) is 14.5. The largest absolute Gasteiger partial charge is 0.489 e. The number of rotatable bonds is 5. The summed E-state index contributed by atoms with van der Waals surface area (Å²) in [5.74, 6) is -0.277. The van der Waals surface area contributed by atoms with Gasteiger partial charge in [0.2, 0.25) is 0 Å². The zero-order valence-electron chi connectivity index (χ0n) is 11.2. The number of hydrogen-bond donors (Lipinski definition) is 2. The highest BCUT2D eigenvalue weighted by Gasteiger charge is 2.06. The smallest absolute Gasteiger partial charge is 0.335 e. The van der Waals surface area contributed by atoms with Crippen molar-refractivity contribution < 1.29 is 19.7 Å². The van der Waals surface area contributed by atoms with Gasteiger partial charge in [0, 0.05) is 0 Å². The van der Waals surface area contributed by atoms with Crippen LogP contribution in [0.4, 0.5) is 0 Å². The van der Waals surface area contributed by atoms with Gasteiger partial charge in [-0.3, -0.25) is 0 Å². The number of benzene rings is 2. The van der Waals surface area contributed by atoms with E-state index in [1.165, 1.54) is 6.07 Å². The predicted molar refractivity (Wildman–Crippen MR) is 74.8 cm³/mol. The van der Waals surface area contributed by atoms with E-state index in [1.54, 1.807) is 12.1 Å². The van der Waals surface area contributed by atoms with E-state index < -0.39 is 5.97 Å². The van der Waals surface area contributed by atoms with Gasteiger partial charge in [-0.25, -0.2) is 4.79 Å². The molecule has 0 atom stereocenters. The molecular weight excluding hydrogens is 256 g/mol. The normalized spacial score (nSPS) is 10.3. The minimum Gasteiger partial charge on any atom is -0.489 e. The van der Waals surface area contributed by atoms with E-state index in [4.69, 9.17) is 14.9 Å². The van der Waals surface area contributed by atoms with E-state index in [-0.39, 0.29) is 12.2 Å². The van der Waals surface area contributed by atoms with E-state index in [9.17, 15) is 4.79 Å². The molecule has 2 N–H and O–H groups in total. The van der Waals surface area contributed by atoms with Crippen molar-refractivity contribution in [3.63, 3.8) is 0 Å². The van der Waals surface area contributed by atoms with E-state index in [2.05, 4.69) is 0 Å². The Morgan fingerprint density at radius 3 is 2.30 bits per heavy atom. The lowest BCUT2D eigenvalue weighted by Crippen LogP contribution is -2.00. The third kappa shape index (κ3) is 3.36. The summed E-state index contributed by atoms with van der Waals surface area (Å²) >= 11 is 0. The molecule has 0 spiro atoms. The van der Waals surface area contributed by atoms with Gasteiger partial charge in [-0.1, -0.05) is 24.3 Å². The quantitative estimate of drug-likeness (QED) is 0.878. The molecule has 0 aliphatic carbocycles. The van der Waals surface area contributed by atoms with Crippen molar-refractivity contribution in [3.05, 3.63) is 64.7 Å². The van der Waals surface area contributed by atoms with Gasteiger partial charge < -0.3 is 14.9 Å². The molecule has 0 fully saturated rings. The maximum Gasteiger partial charge on any atom is 0.335 e. The van der Waals surface area contributed by atoms with Crippen LogP contribution in [0.5, 0.6) is 5.75 Å². The summed E-state index contributed by atoms with van der Waals surface area (Å²) in [7, 11) is 0. The molecule has 4 heteroatoms. The average molecular weight is 272 g/mol. The molecule has 0 saturated carbocycles. The van der Waals surface area contributed by atoms with Gasteiger partial charge in [-0.2, -0.15) is 0 Å². The maximum absolute atomic E-state index is 10.8. The van der Waals surface area contributed by atoms with E-state index in [0.717, 1.165) is 16.7 Å².